The van der Waals surface area contributed by atoms with Gasteiger partial charge < -0.3 is 19.7 Å². The Kier molecular flexibility index (Phi) is 5.54. The molecule has 0 radical (unpaired) electrons. The summed E-state index contributed by atoms with van der Waals surface area (Å²) in [4.78, 5) is 19.2. The number of rotatable bonds is 3. The molecule has 2 aromatic heterocycles. The molecule has 5 rings (SSSR count). The van der Waals surface area contributed by atoms with Gasteiger partial charge in [-0.05, 0) is 55.3 Å². The van der Waals surface area contributed by atoms with E-state index in [0.29, 0.717) is 18.1 Å². The molecule has 1 N–H and O–H groups in total. The lowest BCUT2D eigenvalue weighted by atomic mass is 10.0. The van der Waals surface area contributed by atoms with Crippen LogP contribution in [0, 0.1) is 0 Å². The van der Waals surface area contributed by atoms with Crippen LogP contribution in [-0.4, -0.2) is 40.5 Å². The molecule has 1 aromatic carbocycles. The van der Waals surface area contributed by atoms with Crippen LogP contribution in [0.15, 0.2) is 42.6 Å². The Bertz CT molecular complexity index is 1100. The molecule has 0 saturated heterocycles. The van der Waals surface area contributed by atoms with Gasteiger partial charge in [-0.15, -0.1) is 11.3 Å². The van der Waals surface area contributed by atoms with E-state index in [1.54, 1.807) is 0 Å². The number of aromatic nitrogens is 1. The first-order valence-corrected chi connectivity index (χ1v) is 12.1. The van der Waals surface area contributed by atoms with Gasteiger partial charge in [-0.3, -0.25) is 0 Å². The van der Waals surface area contributed by atoms with Crippen molar-refractivity contribution in [2.75, 3.05) is 20.1 Å². The van der Waals surface area contributed by atoms with Crippen molar-refractivity contribution in [1.29, 1.82) is 0 Å². The topological polar surface area (TPSA) is 40.5 Å². The van der Waals surface area contributed by atoms with E-state index in [9.17, 15) is 4.79 Å². The fraction of sp³-hybridized carbons (Fsp3) is 0.375. The lowest BCUT2D eigenvalue weighted by Crippen LogP contribution is -2.42. The highest BCUT2D eigenvalue weighted by molar-refractivity contribution is 7.15. The Labute approximate surface area is 192 Å². The third kappa shape index (κ3) is 3.67. The summed E-state index contributed by atoms with van der Waals surface area (Å²) in [6, 6.07) is 11.9. The standard InChI is InChI=1S/C24H27ClN4OS/c1-3-11-26-24(30)29-14-19-18-10-13-27(2)15-21(18)31-23(19)28-12-4-5-20(28)22(29)16-6-8-17(25)9-7-16/h4-9,12,22H,3,10-11,13-15H2,1-2H3,(H,26,30)/t22-/m1/s1. The first kappa shape index (κ1) is 20.6. The zero-order valence-electron chi connectivity index (χ0n) is 17.9. The highest BCUT2D eigenvalue weighted by atomic mass is 35.5. The molecule has 0 saturated carbocycles. The maximum Gasteiger partial charge on any atom is 0.318 e. The van der Waals surface area contributed by atoms with E-state index < -0.39 is 0 Å². The highest BCUT2D eigenvalue weighted by Gasteiger charge is 2.36. The second-order valence-corrected chi connectivity index (χ2v) is 9.91. The number of amides is 2. The molecule has 0 spiro atoms. The largest absolute Gasteiger partial charge is 0.338 e. The van der Waals surface area contributed by atoms with E-state index in [1.165, 1.54) is 21.0 Å². The number of nitrogens with zero attached hydrogens (tertiary/aromatic N) is 3. The van der Waals surface area contributed by atoms with Gasteiger partial charge in [0.15, 0.2) is 0 Å². The second kappa shape index (κ2) is 8.34. The third-order valence-electron chi connectivity index (χ3n) is 6.23. The van der Waals surface area contributed by atoms with Crippen molar-refractivity contribution in [3.05, 3.63) is 74.9 Å². The highest BCUT2D eigenvalue weighted by Crippen LogP contribution is 2.43. The number of halogens is 1. The number of nitrogens with one attached hydrogen (secondary N) is 1. The molecule has 0 fully saturated rings. The first-order valence-electron chi connectivity index (χ1n) is 10.9. The van der Waals surface area contributed by atoms with E-state index in [1.807, 2.05) is 40.5 Å². The minimum atomic E-state index is -0.175. The van der Waals surface area contributed by atoms with Gasteiger partial charge in [0, 0.05) is 41.3 Å². The van der Waals surface area contributed by atoms with E-state index in [-0.39, 0.29) is 12.1 Å². The minimum absolute atomic E-state index is 0.0183. The summed E-state index contributed by atoms with van der Waals surface area (Å²) in [6.07, 6.45) is 4.08. The van der Waals surface area contributed by atoms with Crippen LogP contribution < -0.4 is 5.32 Å². The van der Waals surface area contributed by atoms with Gasteiger partial charge in [-0.25, -0.2) is 4.79 Å². The summed E-state index contributed by atoms with van der Waals surface area (Å²) in [7, 11) is 2.18. The van der Waals surface area contributed by atoms with Gasteiger partial charge in [0.05, 0.1) is 18.3 Å². The lowest BCUT2D eigenvalue weighted by molar-refractivity contribution is 0.180. The summed E-state index contributed by atoms with van der Waals surface area (Å²) in [5.41, 5.74) is 4.91. The minimum Gasteiger partial charge on any atom is -0.338 e. The van der Waals surface area contributed by atoms with Crippen molar-refractivity contribution in [1.82, 2.24) is 19.7 Å². The van der Waals surface area contributed by atoms with Crippen molar-refractivity contribution in [2.45, 2.75) is 38.9 Å². The Morgan fingerprint density at radius 2 is 2.00 bits per heavy atom. The van der Waals surface area contributed by atoms with E-state index in [4.69, 9.17) is 11.6 Å². The number of fused-ring (bicyclic) bond motifs is 5. The van der Waals surface area contributed by atoms with Gasteiger partial charge in [0.2, 0.25) is 0 Å². The number of hydrogen-bond donors (Lipinski definition) is 1. The van der Waals surface area contributed by atoms with Crippen LogP contribution in [0.3, 0.4) is 0 Å². The summed E-state index contributed by atoms with van der Waals surface area (Å²) in [5.74, 6) is 0. The summed E-state index contributed by atoms with van der Waals surface area (Å²) < 4.78 is 2.30. The molecule has 0 bridgehead atoms. The van der Waals surface area contributed by atoms with Crippen LogP contribution in [-0.2, 0) is 19.5 Å². The van der Waals surface area contributed by atoms with Crippen LogP contribution in [0.2, 0.25) is 5.02 Å². The van der Waals surface area contributed by atoms with Crippen LogP contribution >= 0.6 is 22.9 Å². The summed E-state index contributed by atoms with van der Waals surface area (Å²) in [6.45, 7) is 5.39. The molecule has 4 heterocycles. The van der Waals surface area contributed by atoms with Crippen molar-refractivity contribution < 1.29 is 4.79 Å². The molecule has 0 unspecified atom stereocenters. The first-order chi connectivity index (χ1) is 15.1. The second-order valence-electron chi connectivity index (χ2n) is 8.39. The molecular formula is C24H27ClN4OS. The van der Waals surface area contributed by atoms with Gasteiger partial charge in [0.25, 0.3) is 0 Å². The normalized spacial score (nSPS) is 18.2. The number of benzene rings is 1. The average Bonchev–Trinajstić information content (AvgIpc) is 3.34. The number of carbonyl (C=O) groups is 1. The monoisotopic (exact) mass is 454 g/mol. The number of thiophene rings is 1. The van der Waals surface area contributed by atoms with E-state index in [0.717, 1.165) is 37.2 Å². The number of hydrogen-bond acceptors (Lipinski definition) is 3. The van der Waals surface area contributed by atoms with Gasteiger partial charge >= 0.3 is 6.03 Å². The third-order valence-corrected chi connectivity index (χ3v) is 7.74. The quantitative estimate of drug-likeness (QED) is 0.590. The van der Waals surface area contributed by atoms with Crippen LogP contribution in [0.5, 0.6) is 0 Å². The van der Waals surface area contributed by atoms with Crippen molar-refractivity contribution in [3.8, 4) is 5.00 Å². The number of carbonyl (C=O) groups excluding carboxylic acids is 1. The van der Waals surface area contributed by atoms with Crippen LogP contribution in [0.4, 0.5) is 4.79 Å². The molecule has 1 atom stereocenters. The maximum absolute atomic E-state index is 13.4. The van der Waals surface area contributed by atoms with Gasteiger partial charge in [-0.1, -0.05) is 30.7 Å². The Hall–Kier alpha value is -2.28. The molecule has 2 aliphatic heterocycles. The molecule has 2 amide bonds. The average molecular weight is 455 g/mol. The zero-order valence-corrected chi connectivity index (χ0v) is 19.5. The lowest BCUT2D eigenvalue weighted by Gasteiger charge is -2.32. The fourth-order valence-corrected chi connectivity index (χ4v) is 6.25. The van der Waals surface area contributed by atoms with E-state index in [2.05, 4.69) is 47.1 Å². The molecule has 0 aliphatic carbocycles. The molecule has 5 nitrogen and oxygen atoms in total. The predicted octanol–water partition coefficient (Wildman–Crippen LogP) is 5.20. The van der Waals surface area contributed by atoms with Crippen LogP contribution in [0.1, 0.15) is 46.6 Å². The van der Waals surface area contributed by atoms with Crippen LogP contribution in [0.25, 0.3) is 5.00 Å². The Morgan fingerprint density at radius 1 is 1.19 bits per heavy atom. The predicted molar refractivity (Wildman–Crippen MR) is 126 cm³/mol. The molecular weight excluding hydrogens is 428 g/mol. The number of urea groups is 1. The van der Waals surface area contributed by atoms with Gasteiger partial charge in [-0.2, -0.15) is 0 Å². The SMILES string of the molecule is CCCNC(=O)N1Cc2c(sc3c2CCN(C)C3)-n2cccc2[C@H]1c1ccc(Cl)cc1. The van der Waals surface area contributed by atoms with Gasteiger partial charge in [0.1, 0.15) is 5.00 Å². The van der Waals surface area contributed by atoms with Crippen molar-refractivity contribution in [3.63, 3.8) is 0 Å². The molecule has 2 aliphatic rings. The van der Waals surface area contributed by atoms with Crippen molar-refractivity contribution in [2.24, 2.45) is 0 Å². The molecule has 31 heavy (non-hydrogen) atoms. The smallest absolute Gasteiger partial charge is 0.318 e. The molecule has 162 valence electrons. The fourth-order valence-electron chi connectivity index (χ4n) is 4.68. The molecule has 7 heteroatoms. The summed E-state index contributed by atoms with van der Waals surface area (Å²) in [5, 5.41) is 5.08. The zero-order chi connectivity index (χ0) is 21.5. The Morgan fingerprint density at radius 3 is 2.77 bits per heavy atom. The maximum atomic E-state index is 13.4. The van der Waals surface area contributed by atoms with Crippen molar-refractivity contribution >= 4 is 29.0 Å². The van der Waals surface area contributed by atoms with E-state index >= 15 is 0 Å². The summed E-state index contributed by atoms with van der Waals surface area (Å²) >= 11 is 8.05. The number of likely N-dealkylation sites (N-methyl/N-ethyl adjacent to an activating group) is 1. The Balaban J connectivity index is 1.67. The molecule has 3 aromatic rings.